The zero-order valence-electron chi connectivity index (χ0n) is 9.58. The Labute approximate surface area is 109 Å². The van der Waals surface area contributed by atoms with E-state index in [0.717, 1.165) is 11.6 Å². The molecule has 0 saturated heterocycles. The van der Waals surface area contributed by atoms with Crippen LogP contribution in [0.5, 0.6) is 0 Å². The van der Waals surface area contributed by atoms with E-state index in [1.54, 1.807) is 18.2 Å². The third-order valence-electron chi connectivity index (χ3n) is 2.68. The van der Waals surface area contributed by atoms with Gasteiger partial charge in [-0.1, -0.05) is 23.7 Å². The molecule has 2 aromatic rings. The van der Waals surface area contributed by atoms with Crippen LogP contribution in [0.2, 0.25) is 5.02 Å². The normalized spacial score (nSPS) is 10.4. The Morgan fingerprint density at radius 3 is 2.50 bits per heavy atom. The maximum absolute atomic E-state index is 13.8. The van der Waals surface area contributed by atoms with Crippen LogP contribution in [0.1, 0.15) is 15.9 Å². The molecule has 0 saturated carbocycles. The lowest BCUT2D eigenvalue weighted by Crippen LogP contribution is -1.97. The van der Waals surface area contributed by atoms with Gasteiger partial charge in [-0.2, -0.15) is 0 Å². The second-order valence-corrected chi connectivity index (χ2v) is 4.37. The number of hydrogen-bond acceptors (Lipinski definition) is 1. The number of aryl methyl sites for hydroxylation is 1. The van der Waals surface area contributed by atoms with E-state index in [9.17, 15) is 9.18 Å². The van der Waals surface area contributed by atoms with Crippen molar-refractivity contribution in [1.29, 1.82) is 0 Å². The van der Waals surface area contributed by atoms with Crippen molar-refractivity contribution >= 4 is 17.6 Å². The highest BCUT2D eigenvalue weighted by Crippen LogP contribution is 2.27. The lowest BCUT2D eigenvalue weighted by atomic mass is 10.0. The van der Waals surface area contributed by atoms with Crippen molar-refractivity contribution in [1.82, 2.24) is 0 Å². The standard InChI is InChI=1S/C14H10ClFO2/c1-8-6-9(3-5-12(8)15)11-4-2-10(14(17)18)7-13(11)16/h2-7H,1H3,(H,17,18). The predicted octanol–water partition coefficient (Wildman–Crippen LogP) is 4.15. The van der Waals surface area contributed by atoms with Crippen LogP contribution < -0.4 is 0 Å². The minimum Gasteiger partial charge on any atom is -0.478 e. The largest absolute Gasteiger partial charge is 0.478 e. The average molecular weight is 265 g/mol. The summed E-state index contributed by atoms with van der Waals surface area (Å²) in [6.07, 6.45) is 0. The number of carboxylic acid groups (broad SMARTS) is 1. The Hall–Kier alpha value is -1.87. The van der Waals surface area contributed by atoms with Gasteiger partial charge in [0.25, 0.3) is 0 Å². The van der Waals surface area contributed by atoms with Crippen molar-refractivity contribution in [2.75, 3.05) is 0 Å². The number of rotatable bonds is 2. The summed E-state index contributed by atoms with van der Waals surface area (Å²) in [5.74, 6) is -1.70. The van der Waals surface area contributed by atoms with E-state index in [1.165, 1.54) is 12.1 Å². The third-order valence-corrected chi connectivity index (χ3v) is 3.11. The quantitative estimate of drug-likeness (QED) is 0.885. The number of aromatic carboxylic acids is 1. The first-order valence-electron chi connectivity index (χ1n) is 5.28. The molecule has 2 aromatic carbocycles. The molecule has 2 rings (SSSR count). The van der Waals surface area contributed by atoms with Crippen LogP contribution in [0, 0.1) is 12.7 Å². The Morgan fingerprint density at radius 2 is 1.94 bits per heavy atom. The van der Waals surface area contributed by atoms with Crippen molar-refractivity contribution in [2.45, 2.75) is 6.92 Å². The van der Waals surface area contributed by atoms with Gasteiger partial charge in [0, 0.05) is 10.6 Å². The fourth-order valence-electron chi connectivity index (χ4n) is 1.69. The van der Waals surface area contributed by atoms with E-state index < -0.39 is 11.8 Å². The molecule has 0 bridgehead atoms. The van der Waals surface area contributed by atoms with Crippen molar-refractivity contribution < 1.29 is 14.3 Å². The Bertz CT molecular complexity index is 623. The molecule has 0 unspecified atom stereocenters. The maximum atomic E-state index is 13.8. The van der Waals surface area contributed by atoms with Crippen LogP contribution in [0.3, 0.4) is 0 Å². The van der Waals surface area contributed by atoms with E-state index in [1.807, 2.05) is 6.92 Å². The first kappa shape index (κ1) is 12.6. The van der Waals surface area contributed by atoms with Gasteiger partial charge in [0.15, 0.2) is 0 Å². The molecule has 2 nitrogen and oxygen atoms in total. The van der Waals surface area contributed by atoms with Gasteiger partial charge in [-0.25, -0.2) is 9.18 Å². The fraction of sp³-hybridized carbons (Fsp3) is 0.0714. The summed E-state index contributed by atoms with van der Waals surface area (Å²) in [6, 6.07) is 9.01. The summed E-state index contributed by atoms with van der Waals surface area (Å²) < 4.78 is 13.8. The topological polar surface area (TPSA) is 37.3 Å². The minimum absolute atomic E-state index is 0.0677. The molecule has 92 valence electrons. The molecule has 0 radical (unpaired) electrons. The van der Waals surface area contributed by atoms with Gasteiger partial charge >= 0.3 is 5.97 Å². The first-order chi connectivity index (χ1) is 8.49. The van der Waals surface area contributed by atoms with Gasteiger partial charge in [0.2, 0.25) is 0 Å². The fourth-order valence-corrected chi connectivity index (χ4v) is 1.81. The number of benzene rings is 2. The molecule has 0 spiro atoms. The molecule has 0 fully saturated rings. The van der Waals surface area contributed by atoms with E-state index in [2.05, 4.69) is 0 Å². The van der Waals surface area contributed by atoms with Crippen molar-refractivity contribution in [3.05, 3.63) is 58.4 Å². The van der Waals surface area contributed by atoms with Gasteiger partial charge in [0.05, 0.1) is 5.56 Å². The lowest BCUT2D eigenvalue weighted by Gasteiger charge is -2.06. The molecule has 4 heteroatoms. The van der Waals surface area contributed by atoms with Gasteiger partial charge in [-0.3, -0.25) is 0 Å². The molecule has 0 heterocycles. The highest BCUT2D eigenvalue weighted by molar-refractivity contribution is 6.31. The summed E-state index contributed by atoms with van der Waals surface area (Å²) in [5, 5.41) is 9.38. The third kappa shape index (κ3) is 2.36. The van der Waals surface area contributed by atoms with Gasteiger partial charge < -0.3 is 5.11 Å². The van der Waals surface area contributed by atoms with Gasteiger partial charge in [0.1, 0.15) is 5.82 Å². The zero-order valence-corrected chi connectivity index (χ0v) is 10.3. The molecule has 0 aromatic heterocycles. The summed E-state index contributed by atoms with van der Waals surface area (Å²) in [5.41, 5.74) is 1.81. The van der Waals surface area contributed by atoms with Gasteiger partial charge in [-0.15, -0.1) is 0 Å². The number of halogens is 2. The summed E-state index contributed by atoms with van der Waals surface area (Å²) in [4.78, 5) is 10.7. The molecular weight excluding hydrogens is 255 g/mol. The Morgan fingerprint density at radius 1 is 1.22 bits per heavy atom. The smallest absolute Gasteiger partial charge is 0.335 e. The number of carboxylic acids is 1. The monoisotopic (exact) mass is 264 g/mol. The van der Waals surface area contributed by atoms with Gasteiger partial charge in [-0.05, 0) is 42.3 Å². The summed E-state index contributed by atoms with van der Waals surface area (Å²) in [6.45, 7) is 1.83. The SMILES string of the molecule is Cc1cc(-c2ccc(C(=O)O)cc2F)ccc1Cl. The highest BCUT2D eigenvalue weighted by Gasteiger charge is 2.10. The van der Waals surface area contributed by atoms with Crippen LogP contribution in [0.4, 0.5) is 4.39 Å². The van der Waals surface area contributed by atoms with Crippen LogP contribution in [-0.2, 0) is 0 Å². The van der Waals surface area contributed by atoms with E-state index in [0.29, 0.717) is 16.1 Å². The van der Waals surface area contributed by atoms with E-state index in [-0.39, 0.29) is 5.56 Å². The molecular formula is C14H10ClFO2. The number of hydrogen-bond donors (Lipinski definition) is 1. The first-order valence-corrected chi connectivity index (χ1v) is 5.66. The maximum Gasteiger partial charge on any atom is 0.335 e. The second-order valence-electron chi connectivity index (χ2n) is 3.96. The average Bonchev–Trinajstić information content (AvgIpc) is 2.32. The second kappa shape index (κ2) is 4.78. The van der Waals surface area contributed by atoms with Crippen LogP contribution in [-0.4, -0.2) is 11.1 Å². The van der Waals surface area contributed by atoms with Crippen LogP contribution in [0.25, 0.3) is 11.1 Å². The van der Waals surface area contributed by atoms with E-state index >= 15 is 0 Å². The van der Waals surface area contributed by atoms with Crippen molar-refractivity contribution in [2.24, 2.45) is 0 Å². The summed E-state index contributed by atoms with van der Waals surface area (Å²) in [7, 11) is 0. The molecule has 0 aliphatic rings. The Balaban J connectivity index is 2.51. The molecule has 0 atom stereocenters. The van der Waals surface area contributed by atoms with Crippen LogP contribution >= 0.6 is 11.6 Å². The zero-order chi connectivity index (χ0) is 13.3. The predicted molar refractivity (Wildman–Crippen MR) is 68.5 cm³/mol. The Kier molecular flexibility index (Phi) is 3.34. The molecule has 0 aliphatic carbocycles. The van der Waals surface area contributed by atoms with E-state index in [4.69, 9.17) is 16.7 Å². The van der Waals surface area contributed by atoms with Crippen LogP contribution in [0.15, 0.2) is 36.4 Å². The van der Waals surface area contributed by atoms with Crippen molar-refractivity contribution in [3.63, 3.8) is 0 Å². The molecule has 0 aliphatic heterocycles. The summed E-state index contributed by atoms with van der Waals surface area (Å²) >= 11 is 5.90. The number of carbonyl (C=O) groups is 1. The molecule has 1 N–H and O–H groups in total. The molecule has 0 amide bonds. The minimum atomic E-state index is -1.15. The lowest BCUT2D eigenvalue weighted by molar-refractivity contribution is 0.0696. The molecule has 18 heavy (non-hydrogen) atoms. The highest BCUT2D eigenvalue weighted by atomic mass is 35.5. The van der Waals surface area contributed by atoms with Crippen molar-refractivity contribution in [3.8, 4) is 11.1 Å².